The van der Waals surface area contributed by atoms with Crippen LogP contribution >= 0.6 is 11.6 Å². The van der Waals surface area contributed by atoms with Gasteiger partial charge in [0.1, 0.15) is 0 Å². The van der Waals surface area contributed by atoms with Crippen LogP contribution < -0.4 is 15.2 Å². The van der Waals surface area contributed by atoms with E-state index in [0.29, 0.717) is 29.1 Å². The molecule has 1 heterocycles. The van der Waals surface area contributed by atoms with E-state index in [-0.39, 0.29) is 6.04 Å². The summed E-state index contributed by atoms with van der Waals surface area (Å²) in [7, 11) is 3.23. The number of nitrogens with zero attached hydrogens (tertiary/aromatic N) is 1. The molecule has 4 nitrogen and oxygen atoms in total. The van der Waals surface area contributed by atoms with Crippen LogP contribution in [-0.2, 0) is 0 Å². The van der Waals surface area contributed by atoms with Gasteiger partial charge < -0.3 is 15.2 Å². The molecule has 3 rings (SSSR count). The van der Waals surface area contributed by atoms with E-state index in [0.717, 1.165) is 18.0 Å². The fraction of sp³-hybridized carbons (Fsp3) is 0.625. The summed E-state index contributed by atoms with van der Waals surface area (Å²) in [6.07, 6.45) is 3.95. The van der Waals surface area contributed by atoms with Crippen LogP contribution in [0, 0.1) is 5.92 Å². The average Bonchev–Trinajstić information content (AvgIpc) is 3.12. The lowest BCUT2D eigenvalue weighted by Crippen LogP contribution is -2.39. The van der Waals surface area contributed by atoms with Crippen molar-refractivity contribution in [3.63, 3.8) is 0 Å². The Morgan fingerprint density at radius 3 is 2.67 bits per heavy atom. The normalized spacial score (nSPS) is 26.1. The number of hydrogen-bond acceptors (Lipinski definition) is 4. The first-order valence-electron chi connectivity index (χ1n) is 7.55. The maximum Gasteiger partial charge on any atom is 0.179 e. The topological polar surface area (TPSA) is 47.7 Å². The molecule has 1 aliphatic carbocycles. The smallest absolute Gasteiger partial charge is 0.179 e. The summed E-state index contributed by atoms with van der Waals surface area (Å²) in [5.74, 6) is 2.09. The minimum absolute atomic E-state index is 0.160. The highest BCUT2D eigenvalue weighted by Gasteiger charge is 2.41. The van der Waals surface area contributed by atoms with Crippen LogP contribution in [-0.4, -0.2) is 38.3 Å². The van der Waals surface area contributed by atoms with E-state index in [1.807, 2.05) is 12.1 Å². The number of fused-ring (bicyclic) bond motifs is 2. The van der Waals surface area contributed by atoms with Gasteiger partial charge in [0.2, 0.25) is 0 Å². The summed E-state index contributed by atoms with van der Waals surface area (Å²) in [5, 5.41) is 0.620. The zero-order valence-electron chi connectivity index (χ0n) is 12.6. The van der Waals surface area contributed by atoms with Crippen molar-refractivity contribution >= 4 is 11.6 Å². The summed E-state index contributed by atoms with van der Waals surface area (Å²) in [6.45, 7) is 1.70. The molecule has 0 amide bonds. The highest BCUT2D eigenvalue weighted by atomic mass is 35.5. The number of likely N-dealkylation sites (tertiary alicyclic amines) is 1. The third-order valence-corrected chi connectivity index (χ3v) is 5.34. The molecule has 2 fully saturated rings. The van der Waals surface area contributed by atoms with E-state index in [9.17, 15) is 0 Å². The van der Waals surface area contributed by atoms with Gasteiger partial charge in [-0.05, 0) is 36.8 Å². The SMILES string of the molecule is COc1ccc(C(CN)N2CC3CCC2C3)c(Cl)c1OC. The lowest BCUT2D eigenvalue weighted by Gasteiger charge is -2.35. The van der Waals surface area contributed by atoms with E-state index >= 15 is 0 Å². The number of ether oxygens (including phenoxy) is 2. The molecule has 1 aliphatic heterocycles. The molecule has 0 spiro atoms. The number of nitrogens with two attached hydrogens (primary N) is 1. The minimum atomic E-state index is 0.160. The summed E-state index contributed by atoms with van der Waals surface area (Å²) >= 11 is 6.56. The van der Waals surface area contributed by atoms with Crippen molar-refractivity contribution in [3.05, 3.63) is 22.7 Å². The minimum Gasteiger partial charge on any atom is -0.493 e. The third-order valence-electron chi connectivity index (χ3n) is 4.95. The molecule has 0 aromatic heterocycles. The zero-order chi connectivity index (χ0) is 15.0. The molecule has 5 heteroatoms. The van der Waals surface area contributed by atoms with Gasteiger partial charge in [0, 0.05) is 25.2 Å². The zero-order valence-corrected chi connectivity index (χ0v) is 13.4. The van der Waals surface area contributed by atoms with E-state index in [1.165, 1.54) is 19.3 Å². The largest absolute Gasteiger partial charge is 0.493 e. The number of halogens is 1. The predicted octanol–water partition coefficient (Wildman–Crippen LogP) is 2.84. The van der Waals surface area contributed by atoms with E-state index < -0.39 is 0 Å². The molecular formula is C16H23ClN2O2. The van der Waals surface area contributed by atoms with Crippen molar-refractivity contribution in [1.29, 1.82) is 0 Å². The summed E-state index contributed by atoms with van der Waals surface area (Å²) < 4.78 is 10.7. The van der Waals surface area contributed by atoms with Crippen LogP contribution in [0.1, 0.15) is 30.9 Å². The van der Waals surface area contributed by atoms with Crippen molar-refractivity contribution in [2.75, 3.05) is 27.3 Å². The Morgan fingerprint density at radius 1 is 1.33 bits per heavy atom. The Kier molecular flexibility index (Phi) is 4.29. The van der Waals surface area contributed by atoms with Crippen molar-refractivity contribution < 1.29 is 9.47 Å². The maximum atomic E-state index is 6.56. The first-order chi connectivity index (χ1) is 10.2. The van der Waals surface area contributed by atoms with Crippen LogP contribution in [0.25, 0.3) is 0 Å². The second kappa shape index (κ2) is 6.03. The molecule has 1 aromatic rings. The molecule has 0 radical (unpaired) electrons. The average molecular weight is 311 g/mol. The van der Waals surface area contributed by atoms with Gasteiger partial charge >= 0.3 is 0 Å². The van der Waals surface area contributed by atoms with Gasteiger partial charge in [-0.2, -0.15) is 0 Å². The van der Waals surface area contributed by atoms with Gasteiger partial charge in [-0.3, -0.25) is 4.90 Å². The lowest BCUT2D eigenvalue weighted by molar-refractivity contribution is 0.153. The van der Waals surface area contributed by atoms with Gasteiger partial charge in [-0.1, -0.05) is 17.7 Å². The van der Waals surface area contributed by atoms with Crippen LogP contribution in [0.15, 0.2) is 12.1 Å². The lowest BCUT2D eigenvalue weighted by atomic mass is 10.0. The molecule has 3 atom stereocenters. The highest BCUT2D eigenvalue weighted by molar-refractivity contribution is 6.33. The molecule has 2 N–H and O–H groups in total. The Bertz CT molecular complexity index is 523. The Balaban J connectivity index is 1.94. The summed E-state index contributed by atoms with van der Waals surface area (Å²) in [5.41, 5.74) is 7.12. The second-order valence-electron chi connectivity index (χ2n) is 5.99. The molecule has 2 bridgehead atoms. The molecule has 1 aromatic carbocycles. The standard InChI is InChI=1S/C16H23ClN2O2/c1-20-14-6-5-12(15(17)16(14)21-2)13(8-18)19-9-10-3-4-11(19)7-10/h5-6,10-11,13H,3-4,7-9,18H2,1-2H3. The Labute approximate surface area is 131 Å². The van der Waals surface area contributed by atoms with E-state index in [1.54, 1.807) is 14.2 Å². The quantitative estimate of drug-likeness (QED) is 0.908. The van der Waals surface area contributed by atoms with Crippen molar-refractivity contribution in [3.8, 4) is 11.5 Å². The van der Waals surface area contributed by atoms with Crippen molar-refractivity contribution in [1.82, 2.24) is 4.90 Å². The number of benzene rings is 1. The van der Waals surface area contributed by atoms with Gasteiger partial charge in [-0.25, -0.2) is 0 Å². The molecular weight excluding hydrogens is 288 g/mol. The fourth-order valence-corrected chi connectivity index (χ4v) is 4.31. The van der Waals surface area contributed by atoms with Crippen LogP contribution in [0.5, 0.6) is 11.5 Å². The Morgan fingerprint density at radius 2 is 2.14 bits per heavy atom. The van der Waals surface area contributed by atoms with Gasteiger partial charge in [0.05, 0.1) is 19.2 Å². The summed E-state index contributed by atoms with van der Waals surface area (Å²) in [4.78, 5) is 2.53. The van der Waals surface area contributed by atoms with Crippen LogP contribution in [0.3, 0.4) is 0 Å². The van der Waals surface area contributed by atoms with Gasteiger partial charge in [-0.15, -0.1) is 0 Å². The van der Waals surface area contributed by atoms with Crippen LogP contribution in [0.4, 0.5) is 0 Å². The molecule has 116 valence electrons. The van der Waals surface area contributed by atoms with Gasteiger partial charge in [0.25, 0.3) is 0 Å². The molecule has 1 saturated carbocycles. The van der Waals surface area contributed by atoms with E-state index in [4.69, 9.17) is 26.8 Å². The maximum absolute atomic E-state index is 6.56. The predicted molar refractivity (Wildman–Crippen MR) is 84.2 cm³/mol. The molecule has 2 aliphatic rings. The number of rotatable bonds is 5. The van der Waals surface area contributed by atoms with Crippen molar-refractivity contribution in [2.45, 2.75) is 31.3 Å². The highest BCUT2D eigenvalue weighted by Crippen LogP contribution is 2.45. The first-order valence-corrected chi connectivity index (χ1v) is 7.93. The number of piperidine rings is 1. The number of hydrogen-bond donors (Lipinski definition) is 1. The molecule has 3 unspecified atom stereocenters. The third kappa shape index (κ3) is 2.50. The summed E-state index contributed by atoms with van der Waals surface area (Å²) in [6, 6.07) is 4.75. The van der Waals surface area contributed by atoms with Crippen molar-refractivity contribution in [2.24, 2.45) is 11.7 Å². The monoisotopic (exact) mass is 310 g/mol. The molecule has 1 saturated heterocycles. The van der Waals surface area contributed by atoms with Crippen LogP contribution in [0.2, 0.25) is 5.02 Å². The number of methoxy groups -OCH3 is 2. The molecule has 21 heavy (non-hydrogen) atoms. The first kappa shape index (κ1) is 14.9. The fourth-order valence-electron chi connectivity index (χ4n) is 3.95. The second-order valence-corrected chi connectivity index (χ2v) is 6.36. The van der Waals surface area contributed by atoms with E-state index in [2.05, 4.69) is 4.90 Å². The Hall–Kier alpha value is -0.970. The van der Waals surface area contributed by atoms with Gasteiger partial charge in [0.15, 0.2) is 11.5 Å².